The summed E-state index contributed by atoms with van der Waals surface area (Å²) < 4.78 is 15.0. The fourth-order valence-corrected chi connectivity index (χ4v) is 5.97. The van der Waals surface area contributed by atoms with Crippen LogP contribution in [0.1, 0.15) is 51.9 Å². The molecule has 0 saturated heterocycles. The molecule has 6 atom stereocenters. The van der Waals surface area contributed by atoms with Gasteiger partial charge < -0.3 is 0 Å². The highest BCUT2D eigenvalue weighted by molar-refractivity contribution is 5.91. The lowest BCUT2D eigenvalue weighted by Crippen LogP contribution is -2.51. The van der Waals surface area contributed by atoms with E-state index in [0.717, 1.165) is 25.7 Å². The highest BCUT2D eigenvalue weighted by atomic mass is 19.1. The zero-order valence-electron chi connectivity index (χ0n) is 12.6. The highest BCUT2D eigenvalue weighted by Crippen LogP contribution is 2.61. The van der Waals surface area contributed by atoms with E-state index in [4.69, 9.17) is 0 Å². The second-order valence-corrected chi connectivity index (χ2v) is 7.82. The molecule has 0 aromatic rings. The van der Waals surface area contributed by atoms with Crippen molar-refractivity contribution in [2.75, 3.05) is 0 Å². The maximum Gasteiger partial charge on any atom is 0.155 e. The number of carbonyl (C=O) groups is 2. The number of allylic oxidation sites excluding steroid dienone is 1. The molecule has 4 aliphatic rings. The van der Waals surface area contributed by atoms with Crippen molar-refractivity contribution in [1.29, 1.82) is 0 Å². The van der Waals surface area contributed by atoms with Gasteiger partial charge in [0, 0.05) is 18.3 Å². The van der Waals surface area contributed by atoms with Crippen molar-refractivity contribution in [3.8, 4) is 0 Å². The molecule has 0 spiro atoms. The molecule has 4 aliphatic carbocycles. The minimum Gasteiger partial charge on any atom is -0.299 e. The first-order valence-electron chi connectivity index (χ1n) is 8.41. The highest BCUT2D eigenvalue weighted by Gasteiger charge is 2.59. The summed E-state index contributed by atoms with van der Waals surface area (Å²) in [6, 6.07) is 0. The average Bonchev–Trinajstić information content (AvgIpc) is 2.74. The molecule has 0 heterocycles. The van der Waals surface area contributed by atoms with Crippen LogP contribution in [-0.2, 0) is 9.59 Å². The second kappa shape index (κ2) is 4.50. The fraction of sp³-hybridized carbons (Fsp3) is 0.778. The first kappa shape index (κ1) is 13.7. The van der Waals surface area contributed by atoms with E-state index in [2.05, 4.69) is 0 Å². The number of ketones is 2. The van der Waals surface area contributed by atoms with Gasteiger partial charge in [-0.15, -0.1) is 0 Å². The van der Waals surface area contributed by atoms with Gasteiger partial charge in [-0.1, -0.05) is 12.5 Å². The van der Waals surface area contributed by atoms with E-state index < -0.39 is 11.6 Å². The molecule has 0 amide bonds. The van der Waals surface area contributed by atoms with Gasteiger partial charge in [-0.05, 0) is 61.9 Å². The number of carbonyl (C=O) groups excluding carboxylic acids is 2. The molecule has 114 valence electrons. The van der Waals surface area contributed by atoms with E-state index in [1.54, 1.807) is 6.08 Å². The maximum absolute atomic E-state index is 15.0. The molecule has 3 saturated carbocycles. The molecule has 0 radical (unpaired) electrons. The summed E-state index contributed by atoms with van der Waals surface area (Å²) >= 11 is 0. The zero-order valence-corrected chi connectivity index (χ0v) is 12.6. The van der Waals surface area contributed by atoms with Crippen LogP contribution >= 0.6 is 0 Å². The Labute approximate surface area is 125 Å². The minimum absolute atomic E-state index is 0.0575. The van der Waals surface area contributed by atoms with Crippen molar-refractivity contribution in [2.24, 2.45) is 29.1 Å². The summed E-state index contributed by atoms with van der Waals surface area (Å²) in [5.74, 6) is 1.54. The van der Waals surface area contributed by atoms with Crippen molar-refractivity contribution < 1.29 is 14.0 Å². The Bertz CT molecular complexity index is 537. The molecule has 0 N–H and O–H groups in total. The summed E-state index contributed by atoms with van der Waals surface area (Å²) in [7, 11) is 0. The summed E-state index contributed by atoms with van der Waals surface area (Å²) in [5, 5.41) is 0. The normalized spacial score (nSPS) is 49.2. The van der Waals surface area contributed by atoms with Crippen molar-refractivity contribution in [2.45, 2.75) is 58.0 Å². The van der Waals surface area contributed by atoms with Crippen LogP contribution in [0.4, 0.5) is 4.39 Å². The number of rotatable bonds is 0. The van der Waals surface area contributed by atoms with Crippen molar-refractivity contribution in [3.63, 3.8) is 0 Å². The average molecular weight is 290 g/mol. The number of alkyl halides is 1. The quantitative estimate of drug-likeness (QED) is 0.682. The van der Waals surface area contributed by atoms with Crippen LogP contribution in [0.25, 0.3) is 0 Å². The largest absolute Gasteiger partial charge is 0.299 e. The monoisotopic (exact) mass is 290 g/mol. The number of fused-ring (bicyclic) bond motifs is 5. The first-order valence-corrected chi connectivity index (χ1v) is 8.41. The number of Topliss-reactive ketones (excluding diaryl/α,β-unsaturated/α-hetero) is 1. The number of halogens is 1. The summed E-state index contributed by atoms with van der Waals surface area (Å²) in [6.45, 7) is 2.01. The Hall–Kier alpha value is -0.990. The lowest BCUT2D eigenvalue weighted by atomic mass is 9.51. The summed E-state index contributed by atoms with van der Waals surface area (Å²) in [4.78, 5) is 23.9. The Morgan fingerprint density at radius 3 is 2.76 bits per heavy atom. The lowest BCUT2D eigenvalue weighted by molar-refractivity contribution is -0.135. The fourth-order valence-electron chi connectivity index (χ4n) is 5.97. The summed E-state index contributed by atoms with van der Waals surface area (Å²) in [6.07, 6.45) is 6.23. The molecule has 3 heteroatoms. The van der Waals surface area contributed by atoms with Gasteiger partial charge in [-0.25, -0.2) is 4.39 Å². The van der Waals surface area contributed by atoms with E-state index in [0.29, 0.717) is 31.1 Å². The van der Waals surface area contributed by atoms with Crippen LogP contribution < -0.4 is 0 Å². The third kappa shape index (κ3) is 1.82. The molecule has 21 heavy (non-hydrogen) atoms. The Kier molecular flexibility index (Phi) is 2.93. The van der Waals surface area contributed by atoms with E-state index in [9.17, 15) is 14.0 Å². The van der Waals surface area contributed by atoms with E-state index in [1.165, 1.54) is 5.57 Å². The third-order valence-electron chi connectivity index (χ3n) is 6.94. The lowest BCUT2D eigenvalue weighted by Gasteiger charge is -2.53. The van der Waals surface area contributed by atoms with Gasteiger partial charge in [0.15, 0.2) is 5.78 Å². The van der Waals surface area contributed by atoms with Gasteiger partial charge in [-0.2, -0.15) is 0 Å². The minimum atomic E-state index is -0.875. The van der Waals surface area contributed by atoms with Crippen LogP contribution in [0.5, 0.6) is 0 Å². The molecular weight excluding hydrogens is 267 g/mol. The number of hydrogen-bond acceptors (Lipinski definition) is 2. The van der Waals surface area contributed by atoms with E-state index in [-0.39, 0.29) is 23.4 Å². The SMILES string of the molecule is C[C@]12C[C@H](F)[C@H]3[C@@H](CCC4=CC(=O)CC[C@@H]43)[C@@H]1CCC2=O. The van der Waals surface area contributed by atoms with Gasteiger partial charge in [0.05, 0.1) is 0 Å². The molecule has 0 aromatic carbocycles. The molecule has 3 fully saturated rings. The van der Waals surface area contributed by atoms with Crippen LogP contribution in [0.15, 0.2) is 11.6 Å². The van der Waals surface area contributed by atoms with Gasteiger partial charge in [0.1, 0.15) is 12.0 Å². The van der Waals surface area contributed by atoms with E-state index in [1.807, 2.05) is 6.92 Å². The molecule has 4 rings (SSSR count). The van der Waals surface area contributed by atoms with Gasteiger partial charge >= 0.3 is 0 Å². The third-order valence-corrected chi connectivity index (χ3v) is 6.94. The second-order valence-electron chi connectivity index (χ2n) is 7.82. The van der Waals surface area contributed by atoms with Crippen molar-refractivity contribution in [3.05, 3.63) is 11.6 Å². The van der Waals surface area contributed by atoms with E-state index >= 15 is 0 Å². The predicted octanol–water partition coefficient (Wildman–Crippen LogP) is 3.65. The number of hydrogen-bond donors (Lipinski definition) is 0. The van der Waals surface area contributed by atoms with Crippen molar-refractivity contribution in [1.82, 2.24) is 0 Å². The standard InChI is InChI=1S/C18H23FO2/c1-18-9-15(19)17-12-5-3-11(20)8-10(12)2-4-13(17)14(18)6-7-16(18)21/h8,12-15,17H,2-7,9H2,1H3/t12-,13-,14-,15-,17+,18-/m0/s1. The maximum atomic E-state index is 15.0. The Balaban J connectivity index is 1.70. The Morgan fingerprint density at radius 1 is 1.14 bits per heavy atom. The first-order chi connectivity index (χ1) is 10.0. The van der Waals surface area contributed by atoms with Crippen LogP contribution in [0.3, 0.4) is 0 Å². The summed E-state index contributed by atoms with van der Waals surface area (Å²) in [5.41, 5.74) is 0.787. The Morgan fingerprint density at radius 2 is 1.95 bits per heavy atom. The smallest absolute Gasteiger partial charge is 0.155 e. The molecule has 0 aliphatic heterocycles. The van der Waals surface area contributed by atoms with Crippen LogP contribution in [-0.4, -0.2) is 17.7 Å². The van der Waals surface area contributed by atoms with Crippen molar-refractivity contribution >= 4 is 11.6 Å². The van der Waals surface area contributed by atoms with Crippen LogP contribution in [0.2, 0.25) is 0 Å². The van der Waals surface area contributed by atoms with Gasteiger partial charge in [-0.3, -0.25) is 9.59 Å². The predicted molar refractivity (Wildman–Crippen MR) is 77.4 cm³/mol. The van der Waals surface area contributed by atoms with Crippen LogP contribution in [0, 0.1) is 29.1 Å². The zero-order chi connectivity index (χ0) is 14.8. The molecule has 0 unspecified atom stereocenters. The van der Waals surface area contributed by atoms with Gasteiger partial charge in [0.25, 0.3) is 0 Å². The molecule has 0 aromatic heterocycles. The molecular formula is C18H23FO2. The molecule has 0 bridgehead atoms. The topological polar surface area (TPSA) is 34.1 Å². The van der Waals surface area contributed by atoms with Gasteiger partial charge in [0.2, 0.25) is 0 Å². The molecule has 2 nitrogen and oxygen atoms in total.